The van der Waals surface area contributed by atoms with Crippen molar-refractivity contribution in [1.82, 2.24) is 0 Å². The highest BCUT2D eigenvalue weighted by atomic mass is 79.9. The molecule has 0 radical (unpaired) electrons. The van der Waals surface area contributed by atoms with Gasteiger partial charge < -0.3 is 3.79 Å². The normalized spacial score (nSPS) is 12.3. The Labute approximate surface area is 81.9 Å². The van der Waals surface area contributed by atoms with Crippen molar-refractivity contribution in [2.24, 2.45) is 5.92 Å². The van der Waals surface area contributed by atoms with Crippen LogP contribution in [0.4, 0.5) is 0 Å². The lowest BCUT2D eigenvalue weighted by Crippen LogP contribution is -2.27. The van der Waals surface area contributed by atoms with Crippen molar-refractivity contribution in [3.63, 3.8) is 0 Å². The van der Waals surface area contributed by atoms with Crippen molar-refractivity contribution in [3.8, 4) is 0 Å². The Morgan fingerprint density at radius 3 is 2.09 bits per heavy atom. The Hall–Kier alpha value is 0.972. The standard InChI is InChI=1S/C4H9O.C4H9.Al.BrH/c1-4(2,3)5;1-4(2)3;;/h1-3H3;4H,1H2,2-3H3;;1H/q-1;;+2;/p-1. The van der Waals surface area contributed by atoms with Crippen molar-refractivity contribution in [2.45, 2.75) is 45.5 Å². The number of halogens is 1. The smallest absolute Gasteiger partial charge is 0.488 e. The van der Waals surface area contributed by atoms with Crippen LogP contribution in [0.5, 0.6) is 0 Å². The Morgan fingerprint density at radius 1 is 1.36 bits per heavy atom. The lowest BCUT2D eigenvalue weighted by atomic mass is 10.2. The second-order valence-corrected chi connectivity index (χ2v) is 8.86. The molecule has 0 aromatic carbocycles. The lowest BCUT2D eigenvalue weighted by Gasteiger charge is -2.23. The van der Waals surface area contributed by atoms with Crippen LogP contribution in [0.1, 0.15) is 34.6 Å². The Bertz CT molecular complexity index is 109. The maximum absolute atomic E-state index is 5.80. The third-order valence-corrected chi connectivity index (χ3v) is 5.10. The van der Waals surface area contributed by atoms with Crippen LogP contribution < -0.4 is 0 Å². The molecule has 1 nitrogen and oxygen atoms in total. The topological polar surface area (TPSA) is 9.23 Å². The molecule has 0 saturated heterocycles. The first-order valence-corrected chi connectivity index (χ1v) is 8.60. The second-order valence-electron chi connectivity index (χ2n) is 4.27. The predicted octanol–water partition coefficient (Wildman–Crippen LogP) is 3.34. The molecule has 0 rings (SSSR count). The van der Waals surface area contributed by atoms with Crippen LogP contribution in [0.2, 0.25) is 5.28 Å². The van der Waals surface area contributed by atoms with E-state index in [1.165, 1.54) is 5.28 Å². The van der Waals surface area contributed by atoms with Crippen LogP contribution in [-0.2, 0) is 3.79 Å². The zero-order valence-electron chi connectivity index (χ0n) is 8.15. The molecule has 0 bridgehead atoms. The molecule has 11 heavy (non-hydrogen) atoms. The SMILES string of the molecule is CC(C)[CH2][Al]([Br])[O]C(C)(C)C. The van der Waals surface area contributed by atoms with Crippen molar-refractivity contribution in [1.29, 1.82) is 0 Å². The van der Waals surface area contributed by atoms with Gasteiger partial charge in [-0.25, -0.2) is 0 Å². The quantitative estimate of drug-likeness (QED) is 0.684. The van der Waals surface area contributed by atoms with E-state index in [-0.39, 0.29) is 5.60 Å². The summed E-state index contributed by atoms with van der Waals surface area (Å²) in [7, 11) is 0. The van der Waals surface area contributed by atoms with Crippen molar-refractivity contribution in [3.05, 3.63) is 0 Å². The fraction of sp³-hybridized carbons (Fsp3) is 1.00. The molecule has 0 atom stereocenters. The average Bonchev–Trinajstić information content (AvgIpc) is 1.53. The van der Waals surface area contributed by atoms with E-state index in [4.69, 9.17) is 3.79 Å². The number of hydrogen-bond donors (Lipinski definition) is 0. The molecule has 0 spiro atoms. The Kier molecular flexibility index (Phi) is 5.30. The molecule has 0 heterocycles. The molecule has 0 fully saturated rings. The molecule has 0 N–H and O–H groups in total. The van der Waals surface area contributed by atoms with Gasteiger partial charge in [-0.1, -0.05) is 25.0 Å². The first kappa shape index (κ1) is 12.0. The molecule has 66 valence electrons. The van der Waals surface area contributed by atoms with Crippen LogP contribution in [0.3, 0.4) is 0 Å². The molecule has 0 aliphatic rings. The maximum atomic E-state index is 5.80. The van der Waals surface area contributed by atoms with Gasteiger partial charge >= 0.3 is 12.7 Å². The van der Waals surface area contributed by atoms with Gasteiger partial charge in [0.1, 0.15) is 0 Å². The first-order valence-electron chi connectivity index (χ1n) is 4.13. The van der Waals surface area contributed by atoms with E-state index in [2.05, 4.69) is 48.7 Å². The van der Waals surface area contributed by atoms with E-state index in [1.54, 1.807) is 0 Å². The second kappa shape index (κ2) is 4.87. The van der Waals surface area contributed by atoms with E-state index in [9.17, 15) is 0 Å². The summed E-state index contributed by atoms with van der Waals surface area (Å²) in [5.41, 5.74) is 0.0231. The zero-order chi connectivity index (χ0) is 9.07. The minimum atomic E-state index is -1.07. The van der Waals surface area contributed by atoms with Crippen LogP contribution >= 0.6 is 14.1 Å². The number of hydrogen-bond acceptors (Lipinski definition) is 1. The molecule has 0 aromatic heterocycles. The molecule has 0 aliphatic carbocycles. The largest absolute Gasteiger partial charge is 0.557 e. The summed E-state index contributed by atoms with van der Waals surface area (Å²) in [6.07, 6.45) is 0. The fourth-order valence-electron chi connectivity index (χ4n) is 0.802. The van der Waals surface area contributed by atoms with Gasteiger partial charge in [0, 0.05) is 5.60 Å². The lowest BCUT2D eigenvalue weighted by molar-refractivity contribution is 0.135. The summed E-state index contributed by atoms with van der Waals surface area (Å²) in [4.78, 5) is 0. The van der Waals surface area contributed by atoms with Crippen LogP contribution in [-0.4, -0.2) is 18.3 Å². The molecule has 0 aliphatic heterocycles. The molecule has 0 amide bonds. The van der Waals surface area contributed by atoms with Crippen molar-refractivity contribution in [2.75, 3.05) is 0 Å². The van der Waals surface area contributed by atoms with Crippen LogP contribution in [0.25, 0.3) is 0 Å². The van der Waals surface area contributed by atoms with Crippen molar-refractivity contribution < 1.29 is 3.79 Å². The summed E-state index contributed by atoms with van der Waals surface area (Å²) >= 11 is 2.56. The molecular formula is C8H18AlBrO. The van der Waals surface area contributed by atoms with Gasteiger partial charge in [-0.2, -0.15) is 14.1 Å². The average molecular weight is 237 g/mol. The van der Waals surface area contributed by atoms with E-state index in [1.807, 2.05) is 0 Å². The summed E-state index contributed by atoms with van der Waals surface area (Å²) in [6, 6.07) is 0. The minimum Gasteiger partial charge on any atom is -0.488 e. The van der Waals surface area contributed by atoms with E-state index >= 15 is 0 Å². The van der Waals surface area contributed by atoms with Gasteiger partial charge in [0.2, 0.25) is 0 Å². The Balaban J connectivity index is 3.61. The van der Waals surface area contributed by atoms with Gasteiger partial charge in [-0.05, 0) is 20.8 Å². The van der Waals surface area contributed by atoms with E-state index in [0.29, 0.717) is 0 Å². The molecule has 3 heteroatoms. The monoisotopic (exact) mass is 236 g/mol. The van der Waals surface area contributed by atoms with Gasteiger partial charge in [0.25, 0.3) is 0 Å². The minimum absolute atomic E-state index is 0.0231. The zero-order valence-corrected chi connectivity index (χ0v) is 10.9. The summed E-state index contributed by atoms with van der Waals surface area (Å²) in [5.74, 6) is 0.744. The van der Waals surface area contributed by atoms with E-state index in [0.717, 1.165) is 5.92 Å². The van der Waals surface area contributed by atoms with Gasteiger partial charge in [0.05, 0.1) is 0 Å². The molecular weight excluding hydrogens is 219 g/mol. The highest BCUT2D eigenvalue weighted by Crippen LogP contribution is 2.18. The Morgan fingerprint density at radius 2 is 1.82 bits per heavy atom. The van der Waals surface area contributed by atoms with Crippen LogP contribution in [0, 0.1) is 5.92 Å². The molecule has 0 unspecified atom stereocenters. The van der Waals surface area contributed by atoms with E-state index < -0.39 is 12.7 Å². The number of rotatable bonds is 3. The fourth-order valence-corrected chi connectivity index (χ4v) is 6.33. The third-order valence-electron chi connectivity index (χ3n) is 1.14. The van der Waals surface area contributed by atoms with Gasteiger partial charge in [-0.15, -0.1) is 0 Å². The molecule has 0 aromatic rings. The maximum Gasteiger partial charge on any atom is 0.557 e. The summed E-state index contributed by atoms with van der Waals surface area (Å²) < 4.78 is 5.80. The first-order chi connectivity index (χ1) is 4.81. The predicted molar refractivity (Wildman–Crippen MR) is 55.2 cm³/mol. The van der Waals surface area contributed by atoms with Gasteiger partial charge in [0.15, 0.2) is 0 Å². The van der Waals surface area contributed by atoms with Crippen LogP contribution in [0.15, 0.2) is 0 Å². The third kappa shape index (κ3) is 8.88. The van der Waals surface area contributed by atoms with Crippen molar-refractivity contribution >= 4 is 26.7 Å². The highest BCUT2D eigenvalue weighted by molar-refractivity contribution is 9.24. The summed E-state index contributed by atoms with van der Waals surface area (Å²) in [6.45, 7) is 10.8. The molecule has 0 saturated carbocycles. The van der Waals surface area contributed by atoms with Gasteiger partial charge in [-0.3, -0.25) is 0 Å². The summed E-state index contributed by atoms with van der Waals surface area (Å²) in [5, 5.41) is 1.21. The highest BCUT2D eigenvalue weighted by Gasteiger charge is 2.24.